The van der Waals surface area contributed by atoms with Gasteiger partial charge in [0.25, 0.3) is 0 Å². The molecule has 0 bridgehead atoms. The summed E-state index contributed by atoms with van der Waals surface area (Å²) in [7, 11) is 0. The molecule has 0 saturated carbocycles. The van der Waals surface area contributed by atoms with Gasteiger partial charge >= 0.3 is 0 Å². The summed E-state index contributed by atoms with van der Waals surface area (Å²) >= 11 is 0. The van der Waals surface area contributed by atoms with Gasteiger partial charge in [-0.2, -0.15) is 0 Å². The number of β-lactam (4-membered cyclic amide) rings is 1. The van der Waals surface area contributed by atoms with Crippen LogP contribution in [0.15, 0.2) is 0 Å². The van der Waals surface area contributed by atoms with E-state index in [-0.39, 0.29) is 5.91 Å². The number of rotatable bonds is 1. The Morgan fingerprint density at radius 1 is 1.75 bits per heavy atom. The Bertz CT molecular complexity index is 122. The van der Waals surface area contributed by atoms with Gasteiger partial charge in [-0.3, -0.25) is 4.79 Å². The van der Waals surface area contributed by atoms with E-state index in [1.165, 1.54) is 0 Å². The summed E-state index contributed by atoms with van der Waals surface area (Å²) in [5.74, 6) is 0.158. The number of carbonyl (C=O) groups is 1. The lowest BCUT2D eigenvalue weighted by Crippen LogP contribution is -2.51. The number of hydrogen-bond acceptors (Lipinski definition) is 2. The highest BCUT2D eigenvalue weighted by atomic mass is 16.6. The highest BCUT2D eigenvalue weighted by molar-refractivity contribution is 5.83. The molecule has 0 aliphatic carbocycles. The second kappa shape index (κ2) is 1.23. The Balaban J connectivity index is 1.86. The molecule has 2 atom stereocenters. The van der Waals surface area contributed by atoms with Crippen LogP contribution in [0.3, 0.4) is 0 Å². The van der Waals surface area contributed by atoms with Crippen molar-refractivity contribution in [2.75, 3.05) is 6.61 Å². The van der Waals surface area contributed by atoms with Gasteiger partial charge in [0.05, 0.1) is 12.6 Å². The van der Waals surface area contributed by atoms with Crippen LogP contribution in [0, 0.1) is 0 Å². The molecule has 2 fully saturated rings. The molecule has 1 amide bonds. The van der Waals surface area contributed by atoms with Crippen LogP contribution in [0.25, 0.3) is 0 Å². The van der Waals surface area contributed by atoms with Crippen molar-refractivity contribution in [2.45, 2.75) is 18.6 Å². The summed E-state index contributed by atoms with van der Waals surface area (Å²) in [5, 5.41) is 2.74. The molecule has 3 heteroatoms. The van der Waals surface area contributed by atoms with Gasteiger partial charge in [0.15, 0.2) is 0 Å². The molecule has 2 unspecified atom stereocenters. The molecule has 3 nitrogen and oxygen atoms in total. The van der Waals surface area contributed by atoms with E-state index in [0.717, 1.165) is 6.61 Å². The normalized spacial score (nSPS) is 42.8. The highest BCUT2D eigenvalue weighted by Crippen LogP contribution is 2.21. The van der Waals surface area contributed by atoms with Crippen LogP contribution in [-0.2, 0) is 9.53 Å². The maximum Gasteiger partial charge on any atom is 0.222 e. The summed E-state index contributed by atoms with van der Waals surface area (Å²) in [6.45, 7) is 0.838. The van der Waals surface area contributed by atoms with E-state index in [0.29, 0.717) is 18.6 Å². The lowest BCUT2D eigenvalue weighted by atomic mass is 10.0. The average Bonchev–Trinajstić information content (AvgIpc) is 2.37. The molecule has 0 radical (unpaired) electrons. The van der Waals surface area contributed by atoms with Crippen molar-refractivity contribution in [3.8, 4) is 0 Å². The molecule has 0 aromatic carbocycles. The first-order valence-corrected chi connectivity index (χ1v) is 2.77. The van der Waals surface area contributed by atoms with E-state index in [9.17, 15) is 4.79 Å². The molecule has 2 aliphatic heterocycles. The molecular weight excluding hydrogens is 106 g/mol. The van der Waals surface area contributed by atoms with Gasteiger partial charge < -0.3 is 10.1 Å². The zero-order valence-corrected chi connectivity index (χ0v) is 4.39. The van der Waals surface area contributed by atoms with Crippen molar-refractivity contribution < 1.29 is 9.53 Å². The first-order chi connectivity index (χ1) is 3.86. The van der Waals surface area contributed by atoms with Crippen LogP contribution in [0.2, 0.25) is 0 Å². The molecule has 44 valence electrons. The van der Waals surface area contributed by atoms with Gasteiger partial charge in [0.1, 0.15) is 6.10 Å². The fraction of sp³-hybridized carbons (Fsp3) is 0.800. The smallest absolute Gasteiger partial charge is 0.222 e. The molecule has 2 aliphatic rings. The molecule has 0 aromatic rings. The van der Waals surface area contributed by atoms with Gasteiger partial charge in [0.2, 0.25) is 5.91 Å². The SMILES string of the molecule is O=C1CC(C2CO2)N1. The molecule has 2 heterocycles. The number of amides is 1. The second-order valence-corrected chi connectivity index (χ2v) is 2.25. The van der Waals surface area contributed by atoms with Gasteiger partial charge in [-0.15, -0.1) is 0 Å². The van der Waals surface area contributed by atoms with E-state index >= 15 is 0 Å². The minimum atomic E-state index is 0.158. The van der Waals surface area contributed by atoms with Crippen LogP contribution in [0.4, 0.5) is 0 Å². The molecule has 8 heavy (non-hydrogen) atoms. The lowest BCUT2D eigenvalue weighted by Gasteiger charge is -2.24. The third-order valence-corrected chi connectivity index (χ3v) is 1.56. The van der Waals surface area contributed by atoms with E-state index in [2.05, 4.69) is 5.32 Å². The number of carbonyl (C=O) groups excluding carboxylic acids is 1. The zero-order chi connectivity index (χ0) is 5.56. The van der Waals surface area contributed by atoms with Gasteiger partial charge in [0, 0.05) is 6.42 Å². The predicted molar refractivity (Wildman–Crippen MR) is 26.3 cm³/mol. The summed E-state index contributed by atoms with van der Waals surface area (Å²) in [6, 6.07) is 0.350. The van der Waals surface area contributed by atoms with Crippen LogP contribution >= 0.6 is 0 Å². The Labute approximate surface area is 47.0 Å². The van der Waals surface area contributed by atoms with E-state index < -0.39 is 0 Å². The standard InChI is InChI=1S/C5H7NO2/c7-5-1-3(6-5)4-2-8-4/h3-4H,1-2H2,(H,6,7). The maximum absolute atomic E-state index is 10.3. The van der Waals surface area contributed by atoms with Crippen LogP contribution in [0.1, 0.15) is 6.42 Å². The minimum absolute atomic E-state index is 0.158. The summed E-state index contributed by atoms with van der Waals surface area (Å²) in [6.07, 6.45) is 1.03. The molecule has 0 spiro atoms. The monoisotopic (exact) mass is 113 g/mol. The van der Waals surface area contributed by atoms with Crippen molar-refractivity contribution in [3.63, 3.8) is 0 Å². The Morgan fingerprint density at radius 3 is 2.75 bits per heavy atom. The third-order valence-electron chi connectivity index (χ3n) is 1.56. The first-order valence-electron chi connectivity index (χ1n) is 2.77. The topological polar surface area (TPSA) is 41.6 Å². The zero-order valence-electron chi connectivity index (χ0n) is 4.39. The van der Waals surface area contributed by atoms with Crippen molar-refractivity contribution >= 4 is 5.91 Å². The lowest BCUT2D eigenvalue weighted by molar-refractivity contribution is -0.128. The highest BCUT2D eigenvalue weighted by Gasteiger charge is 2.40. The number of nitrogens with one attached hydrogen (secondary N) is 1. The van der Waals surface area contributed by atoms with E-state index in [4.69, 9.17) is 4.74 Å². The predicted octanol–water partition coefficient (Wildman–Crippen LogP) is -0.726. The van der Waals surface area contributed by atoms with E-state index in [1.54, 1.807) is 0 Å². The first kappa shape index (κ1) is 4.32. The van der Waals surface area contributed by atoms with Crippen LogP contribution < -0.4 is 5.32 Å². The van der Waals surface area contributed by atoms with Crippen molar-refractivity contribution in [1.82, 2.24) is 5.32 Å². The Morgan fingerprint density at radius 2 is 2.38 bits per heavy atom. The molecular formula is C5H7NO2. The van der Waals surface area contributed by atoms with Crippen LogP contribution in [0.5, 0.6) is 0 Å². The Kier molecular flexibility index (Phi) is 0.663. The maximum atomic E-state index is 10.3. The summed E-state index contributed by atoms with van der Waals surface area (Å²) in [4.78, 5) is 10.3. The number of epoxide rings is 1. The molecule has 0 aromatic heterocycles. The van der Waals surface area contributed by atoms with Crippen LogP contribution in [-0.4, -0.2) is 24.7 Å². The van der Waals surface area contributed by atoms with Crippen molar-refractivity contribution in [2.24, 2.45) is 0 Å². The minimum Gasteiger partial charge on any atom is -0.371 e. The second-order valence-electron chi connectivity index (χ2n) is 2.25. The fourth-order valence-electron chi connectivity index (χ4n) is 0.898. The summed E-state index contributed by atoms with van der Waals surface area (Å²) in [5.41, 5.74) is 0. The third kappa shape index (κ3) is 0.512. The van der Waals surface area contributed by atoms with Gasteiger partial charge in [-0.1, -0.05) is 0 Å². The van der Waals surface area contributed by atoms with Gasteiger partial charge in [-0.25, -0.2) is 0 Å². The molecule has 2 rings (SSSR count). The summed E-state index contributed by atoms with van der Waals surface area (Å²) < 4.78 is 4.95. The van der Waals surface area contributed by atoms with E-state index in [1.807, 2.05) is 0 Å². The van der Waals surface area contributed by atoms with Gasteiger partial charge in [-0.05, 0) is 0 Å². The largest absolute Gasteiger partial charge is 0.371 e. The quantitative estimate of drug-likeness (QED) is 0.360. The molecule has 2 saturated heterocycles. The average molecular weight is 113 g/mol. The van der Waals surface area contributed by atoms with Crippen molar-refractivity contribution in [3.05, 3.63) is 0 Å². The fourth-order valence-corrected chi connectivity index (χ4v) is 0.898. The van der Waals surface area contributed by atoms with Crippen molar-refractivity contribution in [1.29, 1.82) is 0 Å². The number of ether oxygens (including phenoxy) is 1. The molecule has 1 N–H and O–H groups in total. The Hall–Kier alpha value is -0.570. The number of hydrogen-bond donors (Lipinski definition) is 1.